The van der Waals surface area contributed by atoms with Crippen LogP contribution in [0.4, 0.5) is 0 Å². The molecule has 0 radical (unpaired) electrons. The van der Waals surface area contributed by atoms with Crippen molar-refractivity contribution < 1.29 is 21.9 Å². The molecule has 6 nitrogen and oxygen atoms in total. The van der Waals surface area contributed by atoms with Crippen LogP contribution in [0.3, 0.4) is 0 Å². The molecule has 1 aromatic carbocycles. The van der Waals surface area contributed by atoms with Crippen LogP contribution in [0.2, 0.25) is 0 Å². The molecule has 1 aromatic rings. The van der Waals surface area contributed by atoms with Crippen LogP contribution in [0.5, 0.6) is 0 Å². The largest absolute Gasteiger partial charge is 0.390 e. The molecule has 2 atom stereocenters. The Bertz CT molecular complexity index is 755. The summed E-state index contributed by atoms with van der Waals surface area (Å²) in [4.78, 5) is 0.101. The summed E-state index contributed by atoms with van der Waals surface area (Å²) in [5.41, 5.74) is 1.81. The van der Waals surface area contributed by atoms with Crippen molar-refractivity contribution in [3.8, 4) is 0 Å². The zero-order valence-electron chi connectivity index (χ0n) is 12.1. The number of sulfone groups is 1. The predicted octanol–water partition coefficient (Wildman–Crippen LogP) is 0.0818. The van der Waals surface area contributed by atoms with Gasteiger partial charge in [-0.2, -0.15) is 4.31 Å². The molecule has 1 aliphatic rings. The van der Waals surface area contributed by atoms with Gasteiger partial charge in [-0.05, 0) is 37.1 Å². The van der Waals surface area contributed by atoms with Crippen molar-refractivity contribution in [3.05, 3.63) is 29.3 Å². The van der Waals surface area contributed by atoms with Crippen molar-refractivity contribution >= 4 is 19.9 Å². The fourth-order valence-corrected chi connectivity index (χ4v) is 5.79. The monoisotopic (exact) mass is 333 g/mol. The van der Waals surface area contributed by atoms with Gasteiger partial charge in [-0.3, -0.25) is 0 Å². The quantitative estimate of drug-likeness (QED) is 0.846. The van der Waals surface area contributed by atoms with E-state index in [9.17, 15) is 21.9 Å². The second-order valence-corrected chi connectivity index (χ2v) is 9.63. The lowest BCUT2D eigenvalue weighted by Gasteiger charge is -2.25. The molecule has 1 heterocycles. The summed E-state index contributed by atoms with van der Waals surface area (Å²) in [6.45, 7) is 3.69. The fourth-order valence-electron chi connectivity index (χ4n) is 2.38. The van der Waals surface area contributed by atoms with E-state index >= 15 is 0 Å². The van der Waals surface area contributed by atoms with Crippen molar-refractivity contribution in [2.45, 2.75) is 30.9 Å². The summed E-state index contributed by atoms with van der Waals surface area (Å²) in [5, 5.41) is 9.82. The van der Waals surface area contributed by atoms with Crippen LogP contribution in [-0.4, -0.2) is 56.9 Å². The first-order valence-electron chi connectivity index (χ1n) is 6.48. The van der Waals surface area contributed by atoms with Gasteiger partial charge in [-0.15, -0.1) is 0 Å². The number of nitrogens with zero attached hydrogens (tertiary/aromatic N) is 1. The molecule has 8 heteroatoms. The van der Waals surface area contributed by atoms with Crippen molar-refractivity contribution in [2.24, 2.45) is 0 Å². The second-order valence-electron chi connectivity index (χ2n) is 5.48. The Morgan fingerprint density at radius 1 is 1.19 bits per heavy atom. The minimum Gasteiger partial charge on any atom is -0.390 e. The molecular formula is C13H19NO5S2. The van der Waals surface area contributed by atoms with E-state index in [0.29, 0.717) is 0 Å². The molecular weight excluding hydrogens is 314 g/mol. The average Bonchev–Trinajstić information content (AvgIpc) is 2.65. The van der Waals surface area contributed by atoms with Gasteiger partial charge in [0, 0.05) is 7.05 Å². The Labute approximate surface area is 125 Å². The second kappa shape index (κ2) is 5.35. The van der Waals surface area contributed by atoms with E-state index in [-0.39, 0.29) is 10.6 Å². The maximum atomic E-state index is 12.6. The molecule has 2 rings (SSSR count). The van der Waals surface area contributed by atoms with E-state index in [1.807, 2.05) is 13.8 Å². The highest BCUT2D eigenvalue weighted by molar-refractivity contribution is 7.92. The third kappa shape index (κ3) is 3.13. The van der Waals surface area contributed by atoms with Crippen molar-refractivity contribution in [2.75, 3.05) is 18.6 Å². The summed E-state index contributed by atoms with van der Waals surface area (Å²) in [7, 11) is -5.93. The molecule has 118 valence electrons. The highest BCUT2D eigenvalue weighted by atomic mass is 32.2. The Hall–Kier alpha value is -0.960. The average molecular weight is 333 g/mol. The summed E-state index contributed by atoms with van der Waals surface area (Å²) in [6.07, 6.45) is -1.19. The molecule has 0 aromatic heterocycles. The zero-order valence-corrected chi connectivity index (χ0v) is 13.8. The summed E-state index contributed by atoms with van der Waals surface area (Å²) in [6, 6.07) is 3.81. The summed E-state index contributed by atoms with van der Waals surface area (Å²) in [5.74, 6) is -0.751. The van der Waals surface area contributed by atoms with Gasteiger partial charge in [0.1, 0.15) is 0 Å². The summed E-state index contributed by atoms with van der Waals surface area (Å²) >= 11 is 0. The molecule has 1 N–H and O–H groups in total. The van der Waals surface area contributed by atoms with Crippen molar-refractivity contribution in [1.29, 1.82) is 0 Å². The molecule has 0 aliphatic carbocycles. The number of aryl methyl sites for hydroxylation is 2. The third-order valence-electron chi connectivity index (χ3n) is 3.92. The first-order chi connectivity index (χ1) is 9.54. The molecule has 0 spiro atoms. The predicted molar refractivity (Wildman–Crippen MR) is 79.3 cm³/mol. The minimum absolute atomic E-state index is 0.101. The topological polar surface area (TPSA) is 91.8 Å². The smallest absolute Gasteiger partial charge is 0.243 e. The van der Waals surface area contributed by atoms with Crippen LogP contribution in [0.15, 0.2) is 23.1 Å². The number of aliphatic hydroxyl groups is 1. The number of likely N-dealkylation sites (N-methyl/N-ethyl adjacent to an activating group) is 1. The van der Waals surface area contributed by atoms with Gasteiger partial charge in [0.15, 0.2) is 9.84 Å². The van der Waals surface area contributed by atoms with Gasteiger partial charge >= 0.3 is 0 Å². The Balaban J connectivity index is 2.37. The van der Waals surface area contributed by atoms with E-state index in [2.05, 4.69) is 0 Å². The van der Waals surface area contributed by atoms with Crippen molar-refractivity contribution in [3.63, 3.8) is 0 Å². The van der Waals surface area contributed by atoms with Gasteiger partial charge in [0.2, 0.25) is 10.0 Å². The molecule has 0 saturated carbocycles. The first kappa shape index (κ1) is 16.4. The van der Waals surface area contributed by atoms with Gasteiger partial charge in [0.25, 0.3) is 0 Å². The van der Waals surface area contributed by atoms with Crippen LogP contribution in [0.25, 0.3) is 0 Å². The fraction of sp³-hybridized carbons (Fsp3) is 0.538. The molecule has 0 bridgehead atoms. The Morgan fingerprint density at radius 2 is 1.81 bits per heavy atom. The number of benzene rings is 1. The molecule has 0 unspecified atom stereocenters. The van der Waals surface area contributed by atoms with Gasteiger partial charge in [0.05, 0.1) is 28.5 Å². The molecule has 1 aliphatic heterocycles. The lowest BCUT2D eigenvalue weighted by Crippen LogP contribution is -2.44. The van der Waals surface area contributed by atoms with Crippen LogP contribution in [0, 0.1) is 13.8 Å². The SMILES string of the molecule is Cc1ccc(S(=O)(=O)N(C)[C@H]2CS(=O)(=O)C[C@@H]2O)cc1C. The minimum atomic E-state index is -3.84. The molecule has 21 heavy (non-hydrogen) atoms. The molecule has 0 amide bonds. The van der Waals surface area contributed by atoms with Crippen LogP contribution >= 0.6 is 0 Å². The number of aliphatic hydroxyl groups excluding tert-OH is 1. The van der Waals surface area contributed by atoms with E-state index in [4.69, 9.17) is 0 Å². The van der Waals surface area contributed by atoms with Crippen LogP contribution < -0.4 is 0 Å². The lowest BCUT2D eigenvalue weighted by molar-refractivity contribution is 0.137. The number of hydrogen-bond donors (Lipinski definition) is 1. The number of rotatable bonds is 3. The van der Waals surface area contributed by atoms with Gasteiger partial charge in [-0.25, -0.2) is 16.8 Å². The van der Waals surface area contributed by atoms with Crippen LogP contribution in [-0.2, 0) is 19.9 Å². The van der Waals surface area contributed by atoms with E-state index < -0.39 is 37.8 Å². The standard InChI is InChI=1S/C13H19NO5S2/c1-9-4-5-11(6-10(9)2)21(18,19)14(3)12-7-20(16,17)8-13(12)15/h4-6,12-13,15H,7-8H2,1-3H3/t12-,13-/m0/s1. The van der Waals surface area contributed by atoms with Gasteiger partial charge in [-0.1, -0.05) is 6.07 Å². The first-order valence-corrected chi connectivity index (χ1v) is 9.74. The number of hydrogen-bond acceptors (Lipinski definition) is 5. The highest BCUT2D eigenvalue weighted by Crippen LogP contribution is 2.25. The van der Waals surface area contributed by atoms with E-state index in [1.165, 1.54) is 13.1 Å². The highest BCUT2D eigenvalue weighted by Gasteiger charge is 2.42. The zero-order chi connectivity index (χ0) is 16.0. The lowest BCUT2D eigenvalue weighted by atomic mass is 10.1. The normalized spacial score (nSPS) is 25.4. The third-order valence-corrected chi connectivity index (χ3v) is 7.49. The van der Waals surface area contributed by atoms with E-state index in [1.54, 1.807) is 12.1 Å². The maximum absolute atomic E-state index is 12.6. The maximum Gasteiger partial charge on any atom is 0.243 e. The molecule has 1 fully saturated rings. The Morgan fingerprint density at radius 3 is 2.29 bits per heavy atom. The molecule has 1 saturated heterocycles. The van der Waals surface area contributed by atoms with E-state index in [0.717, 1.165) is 15.4 Å². The summed E-state index contributed by atoms with van der Waals surface area (Å²) < 4.78 is 49.2. The van der Waals surface area contributed by atoms with Gasteiger partial charge < -0.3 is 5.11 Å². The van der Waals surface area contributed by atoms with Crippen molar-refractivity contribution in [1.82, 2.24) is 4.31 Å². The Kier molecular flexibility index (Phi) is 4.18. The van der Waals surface area contributed by atoms with Crippen LogP contribution in [0.1, 0.15) is 11.1 Å². The number of sulfonamides is 1.